The molecule has 0 atom stereocenters. The first-order chi connectivity index (χ1) is 14.5. The number of carbonyl (C=O) groups is 2. The molecule has 0 aliphatic rings. The largest absolute Gasteiger partial charge is 0.497 e. The SMILES string of the molecule is CCOC(=O)c1cnc2c(C(=O)OC)cccc2c1Nc1cc(OC)ccc1OC. The molecule has 0 fully saturated rings. The lowest BCUT2D eigenvalue weighted by Crippen LogP contribution is -2.11. The Morgan fingerprint density at radius 1 is 1.00 bits per heavy atom. The van der Waals surface area contributed by atoms with Gasteiger partial charge in [-0.2, -0.15) is 0 Å². The maximum absolute atomic E-state index is 12.6. The zero-order valence-corrected chi connectivity index (χ0v) is 17.1. The first-order valence-electron chi connectivity index (χ1n) is 9.20. The molecular formula is C22H22N2O6. The van der Waals surface area contributed by atoms with Crippen LogP contribution in [0.2, 0.25) is 0 Å². The van der Waals surface area contributed by atoms with Crippen molar-refractivity contribution in [1.82, 2.24) is 4.98 Å². The quantitative estimate of drug-likeness (QED) is 0.585. The van der Waals surface area contributed by atoms with E-state index in [-0.39, 0.29) is 17.7 Å². The number of carbonyl (C=O) groups excluding carboxylic acids is 2. The van der Waals surface area contributed by atoms with E-state index < -0.39 is 11.9 Å². The average molecular weight is 410 g/mol. The molecule has 2 aromatic carbocycles. The van der Waals surface area contributed by atoms with Crippen molar-refractivity contribution in [2.24, 2.45) is 0 Å². The molecule has 8 nitrogen and oxygen atoms in total. The molecule has 3 rings (SSSR count). The molecule has 0 saturated heterocycles. The lowest BCUT2D eigenvalue weighted by molar-refractivity contribution is 0.0526. The summed E-state index contributed by atoms with van der Waals surface area (Å²) in [5.74, 6) is 0.0749. The third-order valence-electron chi connectivity index (χ3n) is 4.46. The van der Waals surface area contributed by atoms with Gasteiger partial charge in [-0.15, -0.1) is 0 Å². The number of benzene rings is 2. The van der Waals surface area contributed by atoms with Gasteiger partial charge in [0.2, 0.25) is 0 Å². The molecule has 3 aromatic rings. The molecule has 0 radical (unpaired) electrons. The van der Waals surface area contributed by atoms with Gasteiger partial charge in [0, 0.05) is 17.6 Å². The topological polar surface area (TPSA) is 96.0 Å². The Morgan fingerprint density at radius 2 is 1.80 bits per heavy atom. The Kier molecular flexibility index (Phi) is 6.36. The van der Waals surface area contributed by atoms with Gasteiger partial charge >= 0.3 is 11.9 Å². The fourth-order valence-electron chi connectivity index (χ4n) is 3.04. The summed E-state index contributed by atoms with van der Waals surface area (Å²) in [5, 5.41) is 3.78. The number of ether oxygens (including phenoxy) is 4. The Hall–Kier alpha value is -3.81. The Balaban J connectivity index is 2.25. The van der Waals surface area contributed by atoms with Gasteiger partial charge in [0.15, 0.2) is 0 Å². The number of esters is 2. The summed E-state index contributed by atoms with van der Waals surface area (Å²) >= 11 is 0. The minimum Gasteiger partial charge on any atom is -0.497 e. The zero-order valence-electron chi connectivity index (χ0n) is 17.1. The molecule has 30 heavy (non-hydrogen) atoms. The Morgan fingerprint density at radius 3 is 2.47 bits per heavy atom. The van der Waals surface area contributed by atoms with Crippen LogP contribution < -0.4 is 14.8 Å². The highest BCUT2D eigenvalue weighted by molar-refractivity contribution is 6.11. The molecule has 156 valence electrons. The van der Waals surface area contributed by atoms with Crippen molar-refractivity contribution in [3.05, 3.63) is 53.7 Å². The summed E-state index contributed by atoms with van der Waals surface area (Å²) in [6.07, 6.45) is 1.38. The number of hydrogen-bond donors (Lipinski definition) is 1. The summed E-state index contributed by atoms with van der Waals surface area (Å²) in [6, 6.07) is 10.3. The summed E-state index contributed by atoms with van der Waals surface area (Å²) in [6.45, 7) is 1.93. The number of pyridine rings is 1. The molecule has 1 heterocycles. The molecule has 0 aliphatic heterocycles. The van der Waals surface area contributed by atoms with Crippen molar-refractivity contribution < 1.29 is 28.5 Å². The molecular weight excluding hydrogens is 388 g/mol. The number of fused-ring (bicyclic) bond motifs is 1. The minimum absolute atomic E-state index is 0.209. The fourth-order valence-corrected chi connectivity index (χ4v) is 3.04. The third-order valence-corrected chi connectivity index (χ3v) is 4.46. The highest BCUT2D eigenvalue weighted by Gasteiger charge is 2.21. The maximum atomic E-state index is 12.6. The van der Waals surface area contributed by atoms with E-state index in [4.69, 9.17) is 18.9 Å². The molecule has 1 N–H and O–H groups in total. The summed E-state index contributed by atoms with van der Waals surface area (Å²) < 4.78 is 20.8. The van der Waals surface area contributed by atoms with Crippen LogP contribution in [0.3, 0.4) is 0 Å². The van der Waals surface area contributed by atoms with Gasteiger partial charge in [-0.1, -0.05) is 12.1 Å². The van der Waals surface area contributed by atoms with E-state index in [2.05, 4.69) is 10.3 Å². The van der Waals surface area contributed by atoms with Crippen LogP contribution in [-0.4, -0.2) is 44.9 Å². The van der Waals surface area contributed by atoms with Crippen LogP contribution in [0.15, 0.2) is 42.6 Å². The van der Waals surface area contributed by atoms with E-state index in [1.165, 1.54) is 13.3 Å². The van der Waals surface area contributed by atoms with E-state index in [1.807, 2.05) is 0 Å². The molecule has 0 unspecified atom stereocenters. The lowest BCUT2D eigenvalue weighted by atomic mass is 10.0. The van der Waals surface area contributed by atoms with Crippen LogP contribution in [0.1, 0.15) is 27.6 Å². The molecule has 1 aromatic heterocycles. The van der Waals surface area contributed by atoms with E-state index in [1.54, 1.807) is 57.5 Å². The molecule has 0 saturated carbocycles. The Labute approximate surface area is 173 Å². The third kappa shape index (κ3) is 3.98. The number of methoxy groups -OCH3 is 3. The van der Waals surface area contributed by atoms with Gasteiger partial charge < -0.3 is 24.3 Å². The van der Waals surface area contributed by atoms with Crippen LogP contribution in [0.25, 0.3) is 10.9 Å². The van der Waals surface area contributed by atoms with Crippen LogP contribution in [-0.2, 0) is 9.47 Å². The van der Waals surface area contributed by atoms with Crippen LogP contribution in [0.5, 0.6) is 11.5 Å². The van der Waals surface area contributed by atoms with Crippen LogP contribution in [0.4, 0.5) is 11.4 Å². The molecule has 0 bridgehead atoms. The lowest BCUT2D eigenvalue weighted by Gasteiger charge is -2.17. The van der Waals surface area contributed by atoms with Gasteiger partial charge in [0.05, 0.1) is 50.4 Å². The number of para-hydroxylation sites is 1. The van der Waals surface area contributed by atoms with E-state index in [9.17, 15) is 9.59 Å². The molecule has 0 spiro atoms. The second kappa shape index (κ2) is 9.13. The second-order valence-corrected chi connectivity index (χ2v) is 6.15. The van der Waals surface area contributed by atoms with Gasteiger partial charge in [-0.05, 0) is 25.1 Å². The average Bonchev–Trinajstić information content (AvgIpc) is 2.78. The van der Waals surface area contributed by atoms with Gasteiger partial charge in [0.25, 0.3) is 0 Å². The van der Waals surface area contributed by atoms with Crippen molar-refractivity contribution in [2.75, 3.05) is 33.3 Å². The Bertz CT molecular complexity index is 1100. The van der Waals surface area contributed by atoms with Crippen LogP contribution >= 0.6 is 0 Å². The highest BCUT2D eigenvalue weighted by atomic mass is 16.5. The first kappa shape index (κ1) is 20.9. The van der Waals surface area contributed by atoms with Crippen molar-refractivity contribution in [3.8, 4) is 11.5 Å². The van der Waals surface area contributed by atoms with E-state index in [0.717, 1.165) is 0 Å². The summed E-state index contributed by atoms with van der Waals surface area (Å²) in [4.78, 5) is 29.1. The van der Waals surface area contributed by atoms with Crippen molar-refractivity contribution in [3.63, 3.8) is 0 Å². The number of anilines is 2. The highest BCUT2D eigenvalue weighted by Crippen LogP contribution is 2.36. The minimum atomic E-state index is -0.542. The van der Waals surface area contributed by atoms with Crippen molar-refractivity contribution >= 4 is 34.2 Å². The fraction of sp³-hybridized carbons (Fsp3) is 0.227. The predicted molar refractivity (Wildman–Crippen MR) is 112 cm³/mol. The number of nitrogens with zero attached hydrogens (tertiary/aromatic N) is 1. The predicted octanol–water partition coefficient (Wildman–Crippen LogP) is 3.96. The molecule has 8 heteroatoms. The zero-order chi connectivity index (χ0) is 21.7. The van der Waals surface area contributed by atoms with Gasteiger partial charge in [-0.25, -0.2) is 9.59 Å². The van der Waals surface area contributed by atoms with Crippen molar-refractivity contribution in [2.45, 2.75) is 6.92 Å². The molecule has 0 aliphatic carbocycles. The second-order valence-electron chi connectivity index (χ2n) is 6.15. The monoisotopic (exact) mass is 410 g/mol. The summed E-state index contributed by atoms with van der Waals surface area (Å²) in [7, 11) is 4.40. The van der Waals surface area contributed by atoms with E-state index >= 15 is 0 Å². The first-order valence-corrected chi connectivity index (χ1v) is 9.20. The smallest absolute Gasteiger partial charge is 0.341 e. The van der Waals surface area contributed by atoms with Gasteiger partial charge in [0.1, 0.15) is 17.1 Å². The standard InChI is InChI=1S/C22H22N2O6/c1-5-30-22(26)16-12-23-19-14(7-6-8-15(19)21(25)29-4)20(16)24-17-11-13(27-2)9-10-18(17)28-3/h6-12H,5H2,1-4H3,(H,23,24). The summed E-state index contributed by atoms with van der Waals surface area (Å²) in [5.41, 5.74) is 1.89. The number of hydrogen-bond acceptors (Lipinski definition) is 8. The van der Waals surface area contributed by atoms with E-state index in [0.29, 0.717) is 33.8 Å². The number of rotatable bonds is 7. The van der Waals surface area contributed by atoms with Crippen LogP contribution in [0, 0.1) is 0 Å². The van der Waals surface area contributed by atoms with Gasteiger partial charge in [-0.3, -0.25) is 4.98 Å². The molecule has 0 amide bonds. The number of aromatic nitrogens is 1. The normalized spacial score (nSPS) is 10.4. The number of nitrogens with one attached hydrogen (secondary N) is 1. The maximum Gasteiger partial charge on any atom is 0.341 e. The van der Waals surface area contributed by atoms with Crippen molar-refractivity contribution in [1.29, 1.82) is 0 Å².